The number of hydrogen-bond acceptors (Lipinski definition) is 15. The van der Waals surface area contributed by atoms with Gasteiger partial charge in [-0.3, -0.25) is 37.3 Å². The molecule has 0 aliphatic heterocycles. The quantitative estimate of drug-likeness (QED) is 0.0222. The maximum atomic E-state index is 13.0. The fraction of sp³-hybridized carbons (Fsp3) is 0.940. The zero-order chi connectivity index (χ0) is 63.6. The van der Waals surface area contributed by atoms with E-state index in [1.54, 1.807) is 0 Å². The Hall–Kier alpha value is -1.94. The van der Waals surface area contributed by atoms with Gasteiger partial charge in [0.25, 0.3) is 0 Å². The van der Waals surface area contributed by atoms with Gasteiger partial charge in [0.15, 0.2) is 12.2 Å². The molecule has 0 spiro atoms. The zero-order valence-corrected chi connectivity index (χ0v) is 57.4. The van der Waals surface area contributed by atoms with E-state index in [4.69, 9.17) is 37.0 Å². The molecule has 0 saturated heterocycles. The van der Waals surface area contributed by atoms with E-state index in [0.717, 1.165) is 102 Å². The molecular formula is C67H130O17P2. The van der Waals surface area contributed by atoms with E-state index in [9.17, 15) is 43.2 Å². The summed E-state index contributed by atoms with van der Waals surface area (Å²) in [5.41, 5.74) is 0. The highest BCUT2D eigenvalue weighted by atomic mass is 31.2. The van der Waals surface area contributed by atoms with Gasteiger partial charge in [0, 0.05) is 25.7 Å². The predicted molar refractivity (Wildman–Crippen MR) is 345 cm³/mol. The maximum Gasteiger partial charge on any atom is 0.472 e. The van der Waals surface area contributed by atoms with Gasteiger partial charge in [-0.1, -0.05) is 286 Å². The summed E-state index contributed by atoms with van der Waals surface area (Å²) in [6.07, 6.45) is 43.2. The first kappa shape index (κ1) is 84.1. The van der Waals surface area contributed by atoms with Crippen molar-refractivity contribution in [2.45, 2.75) is 355 Å². The second kappa shape index (κ2) is 59.4. The number of aliphatic hydroxyl groups excluding tert-OH is 1. The number of rotatable bonds is 66. The Morgan fingerprint density at radius 1 is 0.337 bits per heavy atom. The van der Waals surface area contributed by atoms with Gasteiger partial charge in [-0.05, 0) is 37.5 Å². The number of aliphatic hydroxyl groups is 1. The lowest BCUT2D eigenvalue weighted by molar-refractivity contribution is -0.161. The van der Waals surface area contributed by atoms with Crippen molar-refractivity contribution in [2.75, 3.05) is 39.6 Å². The molecule has 19 heteroatoms. The fourth-order valence-corrected chi connectivity index (χ4v) is 11.6. The lowest BCUT2D eigenvalue weighted by Gasteiger charge is -2.21. The average molecular weight is 1270 g/mol. The van der Waals surface area contributed by atoms with Crippen molar-refractivity contribution in [3.05, 3.63) is 0 Å². The molecule has 0 saturated carbocycles. The SMILES string of the molecule is CCCCCCCCCCCCCCCCCC(=O)O[C@H](COC(=O)CCCCCCCCCCCCC(C)CC)COP(=O)(O)OC[C@@H](O)COP(=O)(O)OC[C@@H](COC(=O)CCCCCCCCCC)OC(=O)CCCCCCCCC(C)C. The van der Waals surface area contributed by atoms with Crippen LogP contribution in [0.2, 0.25) is 0 Å². The molecule has 0 aliphatic rings. The summed E-state index contributed by atoms with van der Waals surface area (Å²) in [6.45, 7) is 9.44. The number of phosphoric ester groups is 2. The Labute approximate surface area is 524 Å². The third kappa shape index (κ3) is 59.7. The summed E-state index contributed by atoms with van der Waals surface area (Å²) in [6, 6.07) is 0. The van der Waals surface area contributed by atoms with E-state index in [-0.39, 0.29) is 25.7 Å². The van der Waals surface area contributed by atoms with Crippen LogP contribution in [0.1, 0.15) is 337 Å². The van der Waals surface area contributed by atoms with Crippen LogP contribution in [0, 0.1) is 11.8 Å². The van der Waals surface area contributed by atoms with Gasteiger partial charge in [-0.25, -0.2) is 9.13 Å². The van der Waals surface area contributed by atoms with Gasteiger partial charge >= 0.3 is 39.5 Å². The van der Waals surface area contributed by atoms with E-state index >= 15 is 0 Å². The molecule has 0 aromatic rings. The Bertz CT molecular complexity index is 1690. The van der Waals surface area contributed by atoms with Crippen molar-refractivity contribution in [3.63, 3.8) is 0 Å². The topological polar surface area (TPSA) is 237 Å². The lowest BCUT2D eigenvalue weighted by atomic mass is 9.99. The predicted octanol–water partition coefficient (Wildman–Crippen LogP) is 18.8. The summed E-state index contributed by atoms with van der Waals surface area (Å²) < 4.78 is 68.1. The second-order valence-electron chi connectivity index (χ2n) is 24.9. The van der Waals surface area contributed by atoms with Crippen LogP contribution in [0.5, 0.6) is 0 Å². The van der Waals surface area contributed by atoms with Crippen LogP contribution >= 0.6 is 15.6 Å². The van der Waals surface area contributed by atoms with Crippen LogP contribution in [0.25, 0.3) is 0 Å². The molecule has 510 valence electrons. The Balaban J connectivity index is 5.22. The molecule has 0 bridgehead atoms. The van der Waals surface area contributed by atoms with Crippen molar-refractivity contribution in [1.82, 2.24) is 0 Å². The smallest absolute Gasteiger partial charge is 0.462 e. The zero-order valence-electron chi connectivity index (χ0n) is 55.6. The molecule has 3 N–H and O–H groups in total. The van der Waals surface area contributed by atoms with E-state index in [2.05, 4.69) is 41.5 Å². The van der Waals surface area contributed by atoms with Crippen molar-refractivity contribution in [1.29, 1.82) is 0 Å². The van der Waals surface area contributed by atoms with Crippen LogP contribution in [0.4, 0.5) is 0 Å². The molecule has 17 nitrogen and oxygen atoms in total. The van der Waals surface area contributed by atoms with Gasteiger partial charge in [0.2, 0.25) is 0 Å². The molecule has 0 radical (unpaired) electrons. The van der Waals surface area contributed by atoms with Crippen molar-refractivity contribution < 1.29 is 80.2 Å². The first-order chi connectivity index (χ1) is 41.4. The van der Waals surface area contributed by atoms with Gasteiger partial charge in [0.05, 0.1) is 26.4 Å². The Morgan fingerprint density at radius 2 is 0.593 bits per heavy atom. The third-order valence-corrected chi connectivity index (χ3v) is 17.7. The minimum Gasteiger partial charge on any atom is -0.462 e. The summed E-state index contributed by atoms with van der Waals surface area (Å²) in [7, 11) is -9.89. The summed E-state index contributed by atoms with van der Waals surface area (Å²) >= 11 is 0. The number of hydrogen-bond donors (Lipinski definition) is 3. The van der Waals surface area contributed by atoms with Crippen LogP contribution in [-0.2, 0) is 65.4 Å². The highest BCUT2D eigenvalue weighted by Gasteiger charge is 2.30. The molecule has 0 aromatic carbocycles. The molecule has 0 rings (SSSR count). The van der Waals surface area contributed by atoms with Gasteiger partial charge < -0.3 is 33.8 Å². The highest BCUT2D eigenvalue weighted by molar-refractivity contribution is 7.47. The largest absolute Gasteiger partial charge is 0.472 e. The maximum absolute atomic E-state index is 13.0. The summed E-state index contributed by atoms with van der Waals surface area (Å²) in [4.78, 5) is 72.3. The summed E-state index contributed by atoms with van der Waals surface area (Å²) in [5, 5.41) is 10.5. The van der Waals surface area contributed by atoms with Crippen LogP contribution in [0.15, 0.2) is 0 Å². The highest BCUT2D eigenvalue weighted by Crippen LogP contribution is 2.45. The molecule has 86 heavy (non-hydrogen) atoms. The lowest BCUT2D eigenvalue weighted by Crippen LogP contribution is -2.30. The number of phosphoric acid groups is 2. The summed E-state index contributed by atoms with van der Waals surface area (Å²) in [5.74, 6) is -0.655. The normalized spacial score (nSPS) is 14.5. The number of carbonyl (C=O) groups is 4. The number of esters is 4. The molecule has 0 heterocycles. The Morgan fingerprint density at radius 3 is 0.884 bits per heavy atom. The van der Waals surface area contributed by atoms with Crippen LogP contribution < -0.4 is 0 Å². The molecule has 0 amide bonds. The fourth-order valence-electron chi connectivity index (χ4n) is 10.0. The number of unbranched alkanes of at least 4 members (excludes halogenated alkanes) is 35. The van der Waals surface area contributed by atoms with E-state index in [1.807, 2.05) is 0 Å². The second-order valence-corrected chi connectivity index (χ2v) is 27.8. The minimum absolute atomic E-state index is 0.102. The number of ether oxygens (including phenoxy) is 4. The van der Waals surface area contributed by atoms with Crippen LogP contribution in [-0.4, -0.2) is 96.7 Å². The third-order valence-electron chi connectivity index (χ3n) is 15.8. The van der Waals surface area contributed by atoms with Gasteiger partial charge in [-0.15, -0.1) is 0 Å². The molecule has 0 aromatic heterocycles. The van der Waals surface area contributed by atoms with Gasteiger partial charge in [0.1, 0.15) is 19.3 Å². The van der Waals surface area contributed by atoms with E-state index in [1.165, 1.54) is 148 Å². The first-order valence-corrected chi connectivity index (χ1v) is 38.0. The Kier molecular flexibility index (Phi) is 58.0. The monoisotopic (exact) mass is 1270 g/mol. The molecule has 3 unspecified atom stereocenters. The number of carbonyl (C=O) groups excluding carboxylic acids is 4. The van der Waals surface area contributed by atoms with E-state index in [0.29, 0.717) is 31.6 Å². The molecule has 6 atom stereocenters. The average Bonchev–Trinajstić information content (AvgIpc) is 3.62. The van der Waals surface area contributed by atoms with Crippen molar-refractivity contribution in [3.8, 4) is 0 Å². The van der Waals surface area contributed by atoms with Crippen molar-refractivity contribution >= 4 is 39.5 Å². The molecule has 0 aliphatic carbocycles. The van der Waals surface area contributed by atoms with E-state index < -0.39 is 97.5 Å². The first-order valence-electron chi connectivity index (χ1n) is 35.0. The van der Waals surface area contributed by atoms with Crippen molar-refractivity contribution in [2.24, 2.45) is 11.8 Å². The van der Waals surface area contributed by atoms with Gasteiger partial charge in [-0.2, -0.15) is 0 Å². The minimum atomic E-state index is -4.95. The standard InChI is InChI=1S/C67H130O17P2/c1-7-10-12-14-16-18-19-20-21-22-23-28-32-39-45-51-66(71)83-62(55-78-65(70)50-44-38-31-27-25-24-26-29-36-42-48-60(6)9-3)57-81-85(73,74)79-53-61(68)54-80-86(75,76)82-58-63(56-77-64(69)49-43-37-30-17-15-13-11-8-2)84-67(72)52-46-40-34-33-35-41-47-59(4)5/h59-63,68H,7-58H2,1-6H3,(H,73,74)(H,75,76)/t60?,61-,62-,63-/m1/s1. The molecular weight excluding hydrogens is 1140 g/mol. The molecule has 0 fully saturated rings. The van der Waals surface area contributed by atoms with Crippen LogP contribution in [0.3, 0.4) is 0 Å².